The number of nitrogens with one attached hydrogen (secondary N) is 1. The SMILES string of the molecule is CC(C)(C)COC(=O)N1CCN(C(=O)[C@H](CCC(=O)OC(C)(C)C)NC(=O)c2cc(OC3CCCC3)nc(-c3ccccc3)n2)CC1. The summed E-state index contributed by atoms with van der Waals surface area (Å²) in [5.41, 5.74) is -0.0901. The van der Waals surface area contributed by atoms with Crippen LogP contribution in [0.2, 0.25) is 0 Å². The predicted molar refractivity (Wildman–Crippen MR) is 176 cm³/mol. The van der Waals surface area contributed by atoms with Crippen molar-refractivity contribution < 1.29 is 33.4 Å². The predicted octanol–water partition coefficient (Wildman–Crippen LogP) is 5.01. The van der Waals surface area contributed by atoms with Crippen molar-refractivity contribution >= 4 is 23.9 Å². The van der Waals surface area contributed by atoms with Crippen LogP contribution in [-0.2, 0) is 19.1 Å². The minimum Gasteiger partial charge on any atom is -0.474 e. The number of esters is 1. The fourth-order valence-electron chi connectivity index (χ4n) is 5.34. The topological polar surface area (TPSA) is 140 Å². The molecule has 0 radical (unpaired) electrons. The summed E-state index contributed by atoms with van der Waals surface area (Å²) in [5.74, 6) is -0.798. The van der Waals surface area contributed by atoms with Crippen molar-refractivity contribution in [2.75, 3.05) is 32.8 Å². The Balaban J connectivity index is 1.51. The number of ether oxygens (including phenoxy) is 3. The molecule has 2 aliphatic rings. The Morgan fingerprint density at radius 3 is 2.17 bits per heavy atom. The van der Waals surface area contributed by atoms with E-state index < -0.39 is 29.6 Å². The van der Waals surface area contributed by atoms with Gasteiger partial charge >= 0.3 is 12.1 Å². The van der Waals surface area contributed by atoms with Crippen molar-refractivity contribution in [3.05, 3.63) is 42.1 Å². The monoisotopic (exact) mass is 651 g/mol. The van der Waals surface area contributed by atoms with Crippen molar-refractivity contribution in [2.45, 2.75) is 97.8 Å². The fraction of sp³-hybridized carbons (Fsp3) is 0.600. The van der Waals surface area contributed by atoms with Crippen molar-refractivity contribution in [1.82, 2.24) is 25.1 Å². The zero-order valence-electron chi connectivity index (χ0n) is 28.5. The molecule has 0 bridgehead atoms. The van der Waals surface area contributed by atoms with Crippen LogP contribution in [0.1, 0.15) is 90.6 Å². The van der Waals surface area contributed by atoms with Crippen LogP contribution in [0.25, 0.3) is 11.4 Å². The first kappa shape index (κ1) is 35.6. The van der Waals surface area contributed by atoms with Crippen molar-refractivity contribution in [3.8, 4) is 17.3 Å². The van der Waals surface area contributed by atoms with Crippen LogP contribution in [0, 0.1) is 5.41 Å². The lowest BCUT2D eigenvalue weighted by molar-refractivity contribution is -0.155. The highest BCUT2D eigenvalue weighted by Crippen LogP contribution is 2.26. The van der Waals surface area contributed by atoms with Crippen LogP contribution in [0.5, 0.6) is 5.88 Å². The second-order valence-corrected chi connectivity index (χ2v) is 14.4. The zero-order valence-corrected chi connectivity index (χ0v) is 28.5. The van der Waals surface area contributed by atoms with Gasteiger partial charge in [-0.1, -0.05) is 51.1 Å². The third kappa shape index (κ3) is 11.2. The molecule has 1 aliphatic carbocycles. The van der Waals surface area contributed by atoms with E-state index in [0.717, 1.165) is 31.2 Å². The lowest BCUT2D eigenvalue weighted by Crippen LogP contribution is -2.56. The minimum absolute atomic E-state index is 0.0111. The second kappa shape index (κ2) is 15.6. The normalized spacial score (nSPS) is 16.4. The van der Waals surface area contributed by atoms with Crippen LogP contribution in [0.15, 0.2) is 36.4 Å². The molecule has 1 aromatic heterocycles. The van der Waals surface area contributed by atoms with E-state index in [2.05, 4.69) is 15.3 Å². The van der Waals surface area contributed by atoms with E-state index in [0.29, 0.717) is 11.7 Å². The molecule has 0 spiro atoms. The number of piperazine rings is 1. The summed E-state index contributed by atoms with van der Waals surface area (Å²) >= 11 is 0. The standard InChI is InChI=1S/C35H49N5O7/c1-34(2,3)23-45-33(44)40-20-18-39(19-21-40)32(43)26(16-17-29(41)47-35(4,5)6)37-31(42)27-22-28(46-25-14-10-11-15-25)38-30(36-27)24-12-8-7-9-13-24/h7-9,12-13,22,25-26H,10-11,14-21,23H2,1-6H3,(H,37,42)/t26-/m0/s1. The summed E-state index contributed by atoms with van der Waals surface area (Å²) in [6.45, 7) is 12.6. The number of aromatic nitrogens is 2. The van der Waals surface area contributed by atoms with Gasteiger partial charge in [0.05, 0.1) is 6.61 Å². The van der Waals surface area contributed by atoms with Gasteiger partial charge in [-0.2, -0.15) is 4.98 Å². The molecule has 0 unspecified atom stereocenters. The maximum Gasteiger partial charge on any atom is 0.409 e. The summed E-state index contributed by atoms with van der Waals surface area (Å²) in [5, 5.41) is 2.83. The molecule has 12 nitrogen and oxygen atoms in total. The zero-order chi connectivity index (χ0) is 34.2. The second-order valence-electron chi connectivity index (χ2n) is 14.4. The molecule has 3 amide bonds. The highest BCUT2D eigenvalue weighted by atomic mass is 16.6. The molecule has 2 heterocycles. The average molecular weight is 652 g/mol. The summed E-state index contributed by atoms with van der Waals surface area (Å²) in [6.07, 6.45) is 3.50. The van der Waals surface area contributed by atoms with E-state index in [1.165, 1.54) is 6.07 Å². The molecule has 2 fully saturated rings. The Morgan fingerprint density at radius 2 is 1.55 bits per heavy atom. The smallest absolute Gasteiger partial charge is 0.409 e. The molecule has 2 aromatic rings. The number of amides is 3. The summed E-state index contributed by atoms with van der Waals surface area (Å²) < 4.78 is 17.1. The van der Waals surface area contributed by atoms with Crippen molar-refractivity contribution in [1.29, 1.82) is 0 Å². The Morgan fingerprint density at radius 1 is 0.915 bits per heavy atom. The maximum atomic E-state index is 13.8. The summed E-state index contributed by atoms with van der Waals surface area (Å²) in [6, 6.07) is 9.76. The first-order valence-corrected chi connectivity index (χ1v) is 16.5. The van der Waals surface area contributed by atoms with Crippen LogP contribution in [-0.4, -0.2) is 94.2 Å². The van der Waals surface area contributed by atoms with E-state index >= 15 is 0 Å². The van der Waals surface area contributed by atoms with E-state index in [1.807, 2.05) is 51.1 Å². The van der Waals surface area contributed by atoms with E-state index in [9.17, 15) is 19.2 Å². The number of carbonyl (C=O) groups excluding carboxylic acids is 4. The van der Waals surface area contributed by atoms with Crippen LogP contribution < -0.4 is 10.1 Å². The van der Waals surface area contributed by atoms with Gasteiger partial charge in [-0.3, -0.25) is 14.4 Å². The molecule has 1 atom stereocenters. The van der Waals surface area contributed by atoms with Gasteiger partial charge in [0.15, 0.2) is 5.82 Å². The molecule has 12 heteroatoms. The van der Waals surface area contributed by atoms with Crippen LogP contribution in [0.4, 0.5) is 4.79 Å². The van der Waals surface area contributed by atoms with E-state index in [4.69, 9.17) is 14.2 Å². The molecule has 1 N–H and O–H groups in total. The number of rotatable bonds is 10. The summed E-state index contributed by atoms with van der Waals surface area (Å²) in [4.78, 5) is 65.1. The third-order valence-electron chi connectivity index (χ3n) is 7.70. The molecule has 1 aromatic carbocycles. The highest BCUT2D eigenvalue weighted by molar-refractivity contribution is 5.97. The molecule has 1 aliphatic heterocycles. The van der Waals surface area contributed by atoms with Gasteiger partial charge in [0, 0.05) is 44.2 Å². The average Bonchev–Trinajstić information content (AvgIpc) is 3.53. The minimum atomic E-state index is -1.04. The Labute approximate surface area is 277 Å². The van der Waals surface area contributed by atoms with Gasteiger partial charge in [0.2, 0.25) is 11.8 Å². The van der Waals surface area contributed by atoms with E-state index in [1.54, 1.807) is 30.6 Å². The number of hydrogen-bond acceptors (Lipinski definition) is 9. The molecular weight excluding hydrogens is 602 g/mol. The lowest BCUT2D eigenvalue weighted by Gasteiger charge is -2.36. The molecule has 1 saturated carbocycles. The number of nitrogens with zero attached hydrogens (tertiary/aromatic N) is 4. The third-order valence-corrected chi connectivity index (χ3v) is 7.70. The number of benzene rings is 1. The van der Waals surface area contributed by atoms with Gasteiger partial charge in [0.1, 0.15) is 23.4 Å². The maximum absolute atomic E-state index is 13.8. The molecule has 47 heavy (non-hydrogen) atoms. The van der Waals surface area contributed by atoms with Gasteiger partial charge in [0.25, 0.3) is 5.91 Å². The number of hydrogen-bond donors (Lipinski definition) is 1. The van der Waals surface area contributed by atoms with Gasteiger partial charge in [-0.15, -0.1) is 0 Å². The fourth-order valence-corrected chi connectivity index (χ4v) is 5.34. The van der Waals surface area contributed by atoms with Crippen molar-refractivity contribution in [3.63, 3.8) is 0 Å². The molecule has 1 saturated heterocycles. The van der Waals surface area contributed by atoms with Crippen LogP contribution in [0.3, 0.4) is 0 Å². The van der Waals surface area contributed by atoms with Gasteiger partial charge < -0.3 is 29.3 Å². The summed E-state index contributed by atoms with van der Waals surface area (Å²) in [7, 11) is 0. The largest absolute Gasteiger partial charge is 0.474 e. The quantitative estimate of drug-likeness (QED) is 0.351. The van der Waals surface area contributed by atoms with Crippen molar-refractivity contribution in [2.24, 2.45) is 5.41 Å². The Hall–Kier alpha value is -4.22. The Bertz CT molecular complexity index is 1390. The molecule has 4 rings (SSSR count). The molecular formula is C35H49N5O7. The number of carbonyl (C=O) groups is 4. The van der Waals surface area contributed by atoms with Gasteiger partial charge in [-0.05, 0) is 58.3 Å². The van der Waals surface area contributed by atoms with E-state index in [-0.39, 0.29) is 68.7 Å². The van der Waals surface area contributed by atoms with Gasteiger partial charge in [-0.25, -0.2) is 9.78 Å². The first-order chi connectivity index (χ1) is 22.2. The van der Waals surface area contributed by atoms with Crippen LogP contribution >= 0.6 is 0 Å². The highest BCUT2D eigenvalue weighted by Gasteiger charge is 2.32. The Kier molecular flexibility index (Phi) is 11.8. The first-order valence-electron chi connectivity index (χ1n) is 16.5. The molecule has 256 valence electrons. The lowest BCUT2D eigenvalue weighted by atomic mass is 9.99.